The summed E-state index contributed by atoms with van der Waals surface area (Å²) in [5.74, 6) is 0.500. The van der Waals surface area contributed by atoms with E-state index in [2.05, 4.69) is 26.5 Å². The maximum atomic E-state index is 12.5. The Morgan fingerprint density at radius 3 is 2.72 bits per heavy atom. The SMILES string of the molecule is CC(C)CN(C(=O)c1cc(S)ccc1Cl)C1CC1. The van der Waals surface area contributed by atoms with Crippen LogP contribution < -0.4 is 0 Å². The number of halogens is 1. The van der Waals surface area contributed by atoms with E-state index < -0.39 is 0 Å². The molecule has 0 bridgehead atoms. The van der Waals surface area contributed by atoms with Crippen molar-refractivity contribution in [3.05, 3.63) is 28.8 Å². The molecule has 0 saturated heterocycles. The van der Waals surface area contributed by atoms with Crippen molar-refractivity contribution in [2.45, 2.75) is 37.6 Å². The summed E-state index contributed by atoms with van der Waals surface area (Å²) in [6.07, 6.45) is 2.22. The number of hydrogen-bond donors (Lipinski definition) is 1. The van der Waals surface area contributed by atoms with E-state index in [1.54, 1.807) is 18.2 Å². The fourth-order valence-electron chi connectivity index (χ4n) is 2.01. The van der Waals surface area contributed by atoms with Gasteiger partial charge in [0.15, 0.2) is 0 Å². The molecule has 1 aromatic carbocycles. The van der Waals surface area contributed by atoms with Gasteiger partial charge >= 0.3 is 0 Å². The highest BCUT2D eigenvalue weighted by atomic mass is 35.5. The number of amides is 1. The maximum absolute atomic E-state index is 12.5. The molecule has 0 radical (unpaired) electrons. The second-order valence-electron chi connectivity index (χ2n) is 5.25. The quantitative estimate of drug-likeness (QED) is 0.831. The van der Waals surface area contributed by atoms with Crippen LogP contribution in [0, 0.1) is 5.92 Å². The minimum atomic E-state index is 0.0344. The van der Waals surface area contributed by atoms with E-state index >= 15 is 0 Å². The van der Waals surface area contributed by atoms with Crippen molar-refractivity contribution < 1.29 is 4.79 Å². The van der Waals surface area contributed by atoms with Gasteiger partial charge in [0.1, 0.15) is 0 Å². The van der Waals surface area contributed by atoms with Gasteiger partial charge in [-0.3, -0.25) is 4.79 Å². The summed E-state index contributed by atoms with van der Waals surface area (Å²) >= 11 is 10.4. The van der Waals surface area contributed by atoms with Crippen LogP contribution in [0.25, 0.3) is 0 Å². The molecule has 0 N–H and O–H groups in total. The second kappa shape index (κ2) is 5.54. The molecule has 0 atom stereocenters. The minimum Gasteiger partial charge on any atom is -0.335 e. The molecule has 1 saturated carbocycles. The van der Waals surface area contributed by atoms with E-state index in [0.717, 1.165) is 24.3 Å². The van der Waals surface area contributed by atoms with E-state index in [-0.39, 0.29) is 5.91 Å². The Bertz CT molecular complexity index is 457. The molecule has 4 heteroatoms. The molecule has 1 aliphatic carbocycles. The lowest BCUT2D eigenvalue weighted by atomic mass is 10.1. The van der Waals surface area contributed by atoms with Gasteiger partial charge in [0, 0.05) is 17.5 Å². The third-order valence-electron chi connectivity index (χ3n) is 2.99. The summed E-state index contributed by atoms with van der Waals surface area (Å²) in [6.45, 7) is 5.04. The van der Waals surface area contributed by atoms with E-state index in [9.17, 15) is 4.79 Å². The van der Waals surface area contributed by atoms with Crippen molar-refractivity contribution in [1.82, 2.24) is 4.90 Å². The molecule has 0 aromatic heterocycles. The molecule has 0 aliphatic heterocycles. The Balaban J connectivity index is 2.24. The van der Waals surface area contributed by atoms with Gasteiger partial charge in [-0.1, -0.05) is 25.4 Å². The maximum Gasteiger partial charge on any atom is 0.255 e. The number of thiol groups is 1. The topological polar surface area (TPSA) is 20.3 Å². The molecule has 0 spiro atoms. The lowest BCUT2D eigenvalue weighted by Gasteiger charge is -2.25. The molecular formula is C14H18ClNOS. The van der Waals surface area contributed by atoms with Gasteiger partial charge in [-0.2, -0.15) is 0 Å². The zero-order valence-electron chi connectivity index (χ0n) is 10.7. The third-order valence-corrected chi connectivity index (χ3v) is 3.60. The molecule has 2 rings (SSSR count). The van der Waals surface area contributed by atoms with E-state index in [4.69, 9.17) is 11.6 Å². The first kappa shape index (κ1) is 13.8. The van der Waals surface area contributed by atoms with Gasteiger partial charge in [-0.15, -0.1) is 12.6 Å². The van der Waals surface area contributed by atoms with Gasteiger partial charge in [0.25, 0.3) is 5.91 Å². The van der Waals surface area contributed by atoms with E-state index in [0.29, 0.717) is 22.5 Å². The molecule has 98 valence electrons. The summed E-state index contributed by atoms with van der Waals surface area (Å²) in [5.41, 5.74) is 0.566. The van der Waals surface area contributed by atoms with Crippen molar-refractivity contribution in [2.75, 3.05) is 6.54 Å². The number of carbonyl (C=O) groups is 1. The highest BCUT2D eigenvalue weighted by molar-refractivity contribution is 7.80. The molecule has 0 heterocycles. The van der Waals surface area contributed by atoms with Crippen LogP contribution in [0.5, 0.6) is 0 Å². The Kier molecular flexibility index (Phi) is 4.23. The molecule has 1 aromatic rings. The molecule has 18 heavy (non-hydrogen) atoms. The molecular weight excluding hydrogens is 266 g/mol. The van der Waals surface area contributed by atoms with Crippen LogP contribution in [0.1, 0.15) is 37.0 Å². The van der Waals surface area contributed by atoms with Gasteiger partial charge in [0.2, 0.25) is 0 Å². The van der Waals surface area contributed by atoms with Gasteiger partial charge in [-0.25, -0.2) is 0 Å². The monoisotopic (exact) mass is 283 g/mol. The molecule has 1 amide bonds. The van der Waals surface area contributed by atoms with Crippen LogP contribution in [-0.4, -0.2) is 23.4 Å². The van der Waals surface area contributed by atoms with E-state index in [1.165, 1.54) is 0 Å². The summed E-state index contributed by atoms with van der Waals surface area (Å²) in [4.78, 5) is 15.3. The Morgan fingerprint density at radius 1 is 1.50 bits per heavy atom. The van der Waals surface area contributed by atoms with Gasteiger partial charge in [-0.05, 0) is 37.0 Å². The zero-order chi connectivity index (χ0) is 13.3. The van der Waals surface area contributed by atoms with Crippen molar-refractivity contribution in [3.63, 3.8) is 0 Å². The largest absolute Gasteiger partial charge is 0.335 e. The van der Waals surface area contributed by atoms with Crippen molar-refractivity contribution >= 4 is 30.1 Å². The van der Waals surface area contributed by atoms with Crippen molar-refractivity contribution in [3.8, 4) is 0 Å². The molecule has 0 unspecified atom stereocenters. The summed E-state index contributed by atoms with van der Waals surface area (Å²) in [5, 5.41) is 0.507. The Hall–Kier alpha value is -0.670. The average molecular weight is 284 g/mol. The van der Waals surface area contributed by atoms with E-state index in [1.807, 2.05) is 4.90 Å². The zero-order valence-corrected chi connectivity index (χ0v) is 12.3. The smallest absolute Gasteiger partial charge is 0.255 e. The fraction of sp³-hybridized carbons (Fsp3) is 0.500. The standard InChI is InChI=1S/C14H18ClNOS/c1-9(2)8-16(10-3-4-10)14(17)12-7-11(18)5-6-13(12)15/h5-7,9-10,18H,3-4,8H2,1-2H3. The lowest BCUT2D eigenvalue weighted by Crippen LogP contribution is -2.36. The van der Waals surface area contributed by atoms with Crippen LogP contribution >= 0.6 is 24.2 Å². The van der Waals surface area contributed by atoms with Gasteiger partial charge < -0.3 is 4.90 Å². The predicted molar refractivity (Wildman–Crippen MR) is 77.6 cm³/mol. The predicted octanol–water partition coefficient (Wildman–Crippen LogP) is 3.89. The molecule has 2 nitrogen and oxygen atoms in total. The van der Waals surface area contributed by atoms with Crippen LogP contribution in [0.4, 0.5) is 0 Å². The Morgan fingerprint density at radius 2 is 2.17 bits per heavy atom. The number of hydrogen-bond acceptors (Lipinski definition) is 2. The second-order valence-corrected chi connectivity index (χ2v) is 6.17. The van der Waals surface area contributed by atoms with Crippen LogP contribution in [0.3, 0.4) is 0 Å². The summed E-state index contributed by atoms with van der Waals surface area (Å²) < 4.78 is 0. The molecule has 1 fully saturated rings. The van der Waals surface area contributed by atoms with Gasteiger partial charge in [0.05, 0.1) is 10.6 Å². The normalized spacial score (nSPS) is 14.9. The lowest BCUT2D eigenvalue weighted by molar-refractivity contribution is 0.0722. The first-order chi connectivity index (χ1) is 8.49. The first-order valence-corrected chi connectivity index (χ1v) is 7.11. The number of benzene rings is 1. The Labute approximate surface area is 119 Å². The summed E-state index contributed by atoms with van der Waals surface area (Å²) in [7, 11) is 0. The number of rotatable bonds is 4. The summed E-state index contributed by atoms with van der Waals surface area (Å²) in [6, 6.07) is 5.69. The van der Waals surface area contributed by atoms with Crippen LogP contribution in [0.15, 0.2) is 23.1 Å². The highest BCUT2D eigenvalue weighted by Gasteiger charge is 2.33. The minimum absolute atomic E-state index is 0.0344. The first-order valence-electron chi connectivity index (χ1n) is 6.28. The van der Waals surface area contributed by atoms with Crippen molar-refractivity contribution in [1.29, 1.82) is 0 Å². The van der Waals surface area contributed by atoms with Crippen LogP contribution in [0.2, 0.25) is 5.02 Å². The van der Waals surface area contributed by atoms with Crippen molar-refractivity contribution in [2.24, 2.45) is 5.92 Å². The number of nitrogens with zero attached hydrogens (tertiary/aromatic N) is 1. The highest BCUT2D eigenvalue weighted by Crippen LogP contribution is 2.31. The third kappa shape index (κ3) is 3.21. The van der Waals surface area contributed by atoms with Crippen LogP contribution in [-0.2, 0) is 0 Å². The number of carbonyl (C=O) groups excluding carboxylic acids is 1. The molecule has 1 aliphatic rings. The average Bonchev–Trinajstić information content (AvgIpc) is 3.12. The fourth-order valence-corrected chi connectivity index (χ4v) is 2.41.